The zero-order valence-electron chi connectivity index (χ0n) is 18.8. The Hall–Kier alpha value is -1.30. The second-order valence-electron chi connectivity index (χ2n) is 8.56. The van der Waals surface area contributed by atoms with Gasteiger partial charge in [-0.05, 0) is 40.5 Å². The van der Waals surface area contributed by atoms with Crippen LogP contribution in [-0.2, 0) is 9.53 Å². The van der Waals surface area contributed by atoms with Crippen LogP contribution in [0.1, 0.15) is 40.5 Å². The van der Waals surface area contributed by atoms with Crippen molar-refractivity contribution in [1.29, 1.82) is 0 Å². The highest BCUT2D eigenvalue weighted by atomic mass is 127. The number of amides is 2. The number of piperazine rings is 1. The van der Waals surface area contributed by atoms with E-state index in [1.807, 2.05) is 27.7 Å². The molecule has 30 heavy (non-hydrogen) atoms. The predicted octanol–water partition coefficient (Wildman–Crippen LogP) is 1.24. The molecule has 3 N–H and O–H groups in total. The van der Waals surface area contributed by atoms with Gasteiger partial charge >= 0.3 is 6.09 Å². The summed E-state index contributed by atoms with van der Waals surface area (Å²) in [6.45, 7) is 14.3. The molecule has 0 atom stereocenters. The Morgan fingerprint density at radius 1 is 1.03 bits per heavy atom. The minimum atomic E-state index is -0.459. The molecule has 174 valence electrons. The summed E-state index contributed by atoms with van der Waals surface area (Å²) in [5, 5.41) is 9.42. The third-order valence-electron chi connectivity index (χ3n) is 4.72. The van der Waals surface area contributed by atoms with Crippen LogP contribution in [0.3, 0.4) is 0 Å². The van der Waals surface area contributed by atoms with Gasteiger partial charge in [0.25, 0.3) is 0 Å². The molecule has 0 spiro atoms. The first kappa shape index (κ1) is 26.7. The molecule has 1 aliphatic carbocycles. The second-order valence-corrected chi connectivity index (χ2v) is 8.56. The molecule has 1 aliphatic heterocycles. The summed E-state index contributed by atoms with van der Waals surface area (Å²) in [6.07, 6.45) is 1.81. The van der Waals surface area contributed by atoms with Gasteiger partial charge in [0.1, 0.15) is 5.60 Å². The summed E-state index contributed by atoms with van der Waals surface area (Å²) < 4.78 is 5.43. The van der Waals surface area contributed by atoms with Crippen molar-refractivity contribution in [3.8, 4) is 0 Å². The van der Waals surface area contributed by atoms with E-state index in [4.69, 9.17) is 4.74 Å². The first-order chi connectivity index (χ1) is 13.8. The number of nitrogens with one attached hydrogen (secondary N) is 3. The molecule has 1 heterocycles. The van der Waals surface area contributed by atoms with Gasteiger partial charge in [-0.2, -0.15) is 0 Å². The van der Waals surface area contributed by atoms with E-state index in [1.165, 1.54) is 0 Å². The maximum atomic E-state index is 12.1. The van der Waals surface area contributed by atoms with E-state index in [9.17, 15) is 9.59 Å². The highest BCUT2D eigenvalue weighted by molar-refractivity contribution is 14.0. The summed E-state index contributed by atoms with van der Waals surface area (Å²) in [7, 11) is 0. The Kier molecular flexibility index (Phi) is 11.7. The quantitative estimate of drug-likeness (QED) is 0.186. The summed E-state index contributed by atoms with van der Waals surface area (Å²) >= 11 is 0. The number of nitrogens with zero attached hydrogens (tertiary/aromatic N) is 3. The predicted molar refractivity (Wildman–Crippen MR) is 129 cm³/mol. The number of carbonyl (C=O) groups is 2. The topological polar surface area (TPSA) is 98.3 Å². The number of rotatable bonds is 8. The molecule has 2 rings (SSSR count). The highest BCUT2D eigenvalue weighted by Gasteiger charge is 2.29. The van der Waals surface area contributed by atoms with Crippen molar-refractivity contribution in [3.05, 3.63) is 0 Å². The van der Waals surface area contributed by atoms with Crippen molar-refractivity contribution in [2.75, 3.05) is 58.9 Å². The zero-order valence-corrected chi connectivity index (χ0v) is 21.2. The number of ether oxygens (including phenoxy) is 1. The molecule has 10 heteroatoms. The molecule has 2 fully saturated rings. The Bertz CT molecular complexity index is 569. The summed E-state index contributed by atoms with van der Waals surface area (Å²) in [4.78, 5) is 32.4. The number of carbonyl (C=O) groups excluding carboxylic acids is 2. The van der Waals surface area contributed by atoms with Gasteiger partial charge in [0.05, 0.1) is 6.54 Å². The summed E-state index contributed by atoms with van der Waals surface area (Å²) in [5.41, 5.74) is -0.459. The highest BCUT2D eigenvalue weighted by Crippen LogP contribution is 2.28. The smallest absolute Gasteiger partial charge is 0.410 e. The number of hydrogen-bond donors (Lipinski definition) is 3. The lowest BCUT2D eigenvalue weighted by Gasteiger charge is -2.35. The van der Waals surface area contributed by atoms with Crippen molar-refractivity contribution in [1.82, 2.24) is 25.8 Å². The number of hydrogen-bond acceptors (Lipinski definition) is 5. The molecule has 2 amide bonds. The lowest BCUT2D eigenvalue weighted by molar-refractivity contribution is -0.122. The Balaban J connectivity index is 0.00000450. The third-order valence-corrected chi connectivity index (χ3v) is 4.72. The molecule has 0 aromatic carbocycles. The van der Waals surface area contributed by atoms with Crippen LogP contribution in [-0.4, -0.2) is 92.3 Å². The SMILES string of the molecule is CCNC(=NCCN1CCN(C(=O)OC(C)(C)C)CC1)NCCNC(=O)C1CC1.I. The zero-order chi connectivity index (χ0) is 21.3. The van der Waals surface area contributed by atoms with Gasteiger partial charge in [0.15, 0.2) is 5.96 Å². The molecule has 9 nitrogen and oxygen atoms in total. The molecular weight excluding hydrogens is 499 g/mol. The van der Waals surface area contributed by atoms with Crippen LogP contribution < -0.4 is 16.0 Å². The molecule has 2 aliphatic rings. The standard InChI is InChI=1S/C20H38N6O3.HI/c1-5-21-18(23-9-8-22-17(27)16-6-7-16)24-10-11-25-12-14-26(15-13-25)19(28)29-20(2,3)4;/h16H,5-15H2,1-4H3,(H,22,27)(H2,21,23,24);1H. The number of guanidine groups is 1. The van der Waals surface area contributed by atoms with Crippen molar-refractivity contribution in [3.63, 3.8) is 0 Å². The van der Waals surface area contributed by atoms with E-state index in [0.717, 1.165) is 45.0 Å². The maximum Gasteiger partial charge on any atom is 0.410 e. The van der Waals surface area contributed by atoms with Gasteiger partial charge in [-0.15, -0.1) is 24.0 Å². The molecular formula is C20H39IN6O3. The van der Waals surface area contributed by atoms with Gasteiger partial charge in [-0.1, -0.05) is 0 Å². The first-order valence-electron chi connectivity index (χ1n) is 10.8. The van der Waals surface area contributed by atoms with Crippen LogP contribution in [0.2, 0.25) is 0 Å². The lowest BCUT2D eigenvalue weighted by atomic mass is 10.2. The fraction of sp³-hybridized carbons (Fsp3) is 0.850. The third kappa shape index (κ3) is 10.6. The van der Waals surface area contributed by atoms with Gasteiger partial charge in [0, 0.05) is 58.3 Å². The average molecular weight is 538 g/mol. The molecule has 1 saturated carbocycles. The van der Waals surface area contributed by atoms with E-state index < -0.39 is 5.60 Å². The van der Waals surface area contributed by atoms with Gasteiger partial charge in [0.2, 0.25) is 5.91 Å². The van der Waals surface area contributed by atoms with E-state index in [2.05, 4.69) is 25.8 Å². The van der Waals surface area contributed by atoms with E-state index in [0.29, 0.717) is 32.7 Å². The van der Waals surface area contributed by atoms with E-state index in [1.54, 1.807) is 4.90 Å². The van der Waals surface area contributed by atoms with Crippen LogP contribution in [0, 0.1) is 5.92 Å². The minimum Gasteiger partial charge on any atom is -0.444 e. The van der Waals surface area contributed by atoms with Crippen LogP contribution in [0.4, 0.5) is 4.79 Å². The molecule has 0 unspecified atom stereocenters. The minimum absolute atomic E-state index is 0. The Morgan fingerprint density at radius 2 is 1.67 bits per heavy atom. The van der Waals surface area contributed by atoms with Crippen LogP contribution in [0.15, 0.2) is 4.99 Å². The molecule has 0 aromatic rings. The second kappa shape index (κ2) is 13.2. The fourth-order valence-corrected chi connectivity index (χ4v) is 2.98. The van der Waals surface area contributed by atoms with Gasteiger partial charge in [-0.3, -0.25) is 14.7 Å². The van der Waals surface area contributed by atoms with Crippen molar-refractivity contribution < 1.29 is 14.3 Å². The van der Waals surface area contributed by atoms with Crippen molar-refractivity contribution in [2.24, 2.45) is 10.9 Å². The lowest BCUT2D eigenvalue weighted by Crippen LogP contribution is -2.50. The van der Waals surface area contributed by atoms with Crippen molar-refractivity contribution >= 4 is 41.9 Å². The van der Waals surface area contributed by atoms with E-state index >= 15 is 0 Å². The largest absolute Gasteiger partial charge is 0.444 e. The van der Waals surface area contributed by atoms with Crippen LogP contribution in [0.25, 0.3) is 0 Å². The van der Waals surface area contributed by atoms with Crippen LogP contribution >= 0.6 is 24.0 Å². The molecule has 0 radical (unpaired) electrons. The average Bonchev–Trinajstić information content (AvgIpc) is 3.49. The van der Waals surface area contributed by atoms with Gasteiger partial charge < -0.3 is 25.6 Å². The summed E-state index contributed by atoms with van der Waals surface area (Å²) in [6, 6.07) is 0. The number of aliphatic imine (C=N–C) groups is 1. The number of halogens is 1. The first-order valence-corrected chi connectivity index (χ1v) is 10.8. The monoisotopic (exact) mass is 538 g/mol. The molecule has 0 aromatic heterocycles. The van der Waals surface area contributed by atoms with Gasteiger partial charge in [-0.25, -0.2) is 4.79 Å². The van der Waals surface area contributed by atoms with E-state index in [-0.39, 0.29) is 41.9 Å². The normalized spacial score (nSPS) is 17.7. The summed E-state index contributed by atoms with van der Waals surface area (Å²) in [5.74, 6) is 1.17. The molecule has 0 bridgehead atoms. The van der Waals surface area contributed by atoms with Crippen molar-refractivity contribution in [2.45, 2.75) is 46.1 Å². The van der Waals surface area contributed by atoms with Crippen LogP contribution in [0.5, 0.6) is 0 Å². The molecule has 1 saturated heterocycles. The Labute approximate surface area is 197 Å². The fourth-order valence-electron chi connectivity index (χ4n) is 2.98. The maximum absolute atomic E-state index is 12.1. The Morgan fingerprint density at radius 3 is 2.23 bits per heavy atom.